The zero-order valence-electron chi connectivity index (χ0n) is 13.8. The Morgan fingerprint density at radius 2 is 1.62 bits per heavy atom. The van der Waals surface area contributed by atoms with E-state index >= 15 is 0 Å². The number of ketones is 1. The molecule has 0 saturated heterocycles. The first-order chi connectivity index (χ1) is 10.2. The monoisotopic (exact) mass is 287 g/mol. The molecule has 0 spiro atoms. The molecule has 21 heavy (non-hydrogen) atoms. The van der Waals surface area contributed by atoms with E-state index in [2.05, 4.69) is 37.8 Å². The van der Waals surface area contributed by atoms with Gasteiger partial charge in [-0.25, -0.2) is 0 Å². The van der Waals surface area contributed by atoms with Gasteiger partial charge >= 0.3 is 0 Å². The number of hydrogen-bond donors (Lipinski definition) is 0. The number of nitrogens with zero attached hydrogens (tertiary/aromatic N) is 1. The minimum Gasteiger partial charge on any atom is -0.292 e. The summed E-state index contributed by atoms with van der Waals surface area (Å²) in [5, 5.41) is 0. The molecule has 0 bridgehead atoms. The summed E-state index contributed by atoms with van der Waals surface area (Å²) in [6.07, 6.45) is 6.63. The smallest absolute Gasteiger partial charge is 0.183 e. The molecule has 0 amide bonds. The summed E-state index contributed by atoms with van der Waals surface area (Å²) in [6.45, 7) is 8.43. The molecule has 1 aliphatic rings. The van der Waals surface area contributed by atoms with Crippen LogP contribution in [0.4, 0.5) is 0 Å². The first-order valence-electron chi connectivity index (χ1n) is 8.56. The largest absolute Gasteiger partial charge is 0.292 e. The lowest BCUT2D eigenvalue weighted by molar-refractivity contribution is 0.0584. The molecule has 0 heterocycles. The van der Waals surface area contributed by atoms with Gasteiger partial charge in [-0.05, 0) is 37.9 Å². The minimum absolute atomic E-state index is 0.240. The minimum atomic E-state index is -0.240. The topological polar surface area (TPSA) is 20.3 Å². The number of likely N-dealkylation sites (N-methyl/N-ethyl adjacent to an activating group) is 1. The molecule has 2 heteroatoms. The predicted octanol–water partition coefficient (Wildman–Crippen LogP) is 4.48. The van der Waals surface area contributed by atoms with Crippen molar-refractivity contribution in [1.82, 2.24) is 4.90 Å². The lowest BCUT2D eigenvalue weighted by atomic mass is 9.85. The van der Waals surface area contributed by atoms with Crippen LogP contribution in [-0.2, 0) is 6.42 Å². The highest BCUT2D eigenvalue weighted by atomic mass is 16.1. The van der Waals surface area contributed by atoms with Crippen molar-refractivity contribution in [2.45, 2.75) is 64.8 Å². The molecule has 2 nitrogen and oxygen atoms in total. The Morgan fingerprint density at radius 1 is 1.05 bits per heavy atom. The Morgan fingerprint density at radius 3 is 2.10 bits per heavy atom. The molecule has 1 aromatic rings. The van der Waals surface area contributed by atoms with E-state index in [9.17, 15) is 4.79 Å². The number of hydrogen-bond acceptors (Lipinski definition) is 2. The first-order valence-corrected chi connectivity index (χ1v) is 8.56. The van der Waals surface area contributed by atoms with E-state index in [1.54, 1.807) is 0 Å². The van der Waals surface area contributed by atoms with E-state index in [1.165, 1.54) is 18.4 Å². The molecular formula is C19H29NO. The third-order valence-electron chi connectivity index (χ3n) is 4.98. The maximum Gasteiger partial charge on any atom is 0.183 e. The molecule has 1 saturated carbocycles. The number of benzene rings is 1. The molecular weight excluding hydrogens is 258 g/mol. The second-order valence-corrected chi connectivity index (χ2v) is 6.19. The molecule has 0 radical (unpaired) electrons. The van der Waals surface area contributed by atoms with Crippen LogP contribution < -0.4 is 0 Å². The molecule has 0 aliphatic heterocycles. The van der Waals surface area contributed by atoms with Gasteiger partial charge in [-0.3, -0.25) is 9.69 Å². The van der Waals surface area contributed by atoms with Crippen molar-refractivity contribution < 1.29 is 4.79 Å². The highest BCUT2D eigenvalue weighted by Gasteiger charge is 2.44. The summed E-state index contributed by atoms with van der Waals surface area (Å²) < 4.78 is 0. The highest BCUT2D eigenvalue weighted by molar-refractivity contribution is 6.03. The van der Waals surface area contributed by atoms with Crippen LogP contribution in [0.25, 0.3) is 0 Å². The fraction of sp³-hybridized carbons (Fsp3) is 0.632. The maximum atomic E-state index is 13.2. The second kappa shape index (κ2) is 7.22. The van der Waals surface area contributed by atoms with Crippen molar-refractivity contribution >= 4 is 5.78 Å². The number of carbonyl (C=O) groups is 1. The maximum absolute atomic E-state index is 13.2. The normalized spacial score (nSPS) is 17.3. The van der Waals surface area contributed by atoms with Gasteiger partial charge in [-0.1, -0.05) is 64.3 Å². The van der Waals surface area contributed by atoms with Gasteiger partial charge in [0.2, 0.25) is 0 Å². The molecule has 0 atom stereocenters. The summed E-state index contributed by atoms with van der Waals surface area (Å²) in [7, 11) is 0. The summed E-state index contributed by atoms with van der Waals surface area (Å²) in [4.78, 5) is 15.5. The molecule has 0 aromatic heterocycles. The van der Waals surface area contributed by atoms with Crippen LogP contribution in [-0.4, -0.2) is 29.3 Å². The highest BCUT2D eigenvalue weighted by Crippen LogP contribution is 2.38. The molecule has 1 fully saturated rings. The van der Waals surface area contributed by atoms with Gasteiger partial charge in [-0.15, -0.1) is 0 Å². The van der Waals surface area contributed by atoms with Crippen LogP contribution in [0.3, 0.4) is 0 Å². The van der Waals surface area contributed by atoms with E-state index in [1.807, 2.05) is 12.1 Å². The summed E-state index contributed by atoms with van der Waals surface area (Å²) in [5.74, 6) is 0.340. The van der Waals surface area contributed by atoms with Gasteiger partial charge in [0.1, 0.15) is 0 Å². The molecule has 1 aliphatic carbocycles. The van der Waals surface area contributed by atoms with Crippen LogP contribution in [0.5, 0.6) is 0 Å². The van der Waals surface area contributed by atoms with Gasteiger partial charge in [-0.2, -0.15) is 0 Å². The number of aryl methyl sites for hydroxylation is 1. The molecule has 0 unspecified atom stereocenters. The molecule has 2 rings (SSSR count). The van der Waals surface area contributed by atoms with Gasteiger partial charge in [0.25, 0.3) is 0 Å². The first kappa shape index (κ1) is 16.2. The second-order valence-electron chi connectivity index (χ2n) is 6.19. The molecule has 0 N–H and O–H groups in total. The van der Waals surface area contributed by atoms with E-state index in [0.29, 0.717) is 5.78 Å². The van der Waals surface area contributed by atoms with Gasteiger partial charge in [0.15, 0.2) is 5.78 Å². The van der Waals surface area contributed by atoms with Gasteiger partial charge in [0.05, 0.1) is 5.54 Å². The Hall–Kier alpha value is -1.15. The van der Waals surface area contributed by atoms with Crippen molar-refractivity contribution in [2.75, 3.05) is 13.1 Å². The summed E-state index contributed by atoms with van der Waals surface area (Å²) >= 11 is 0. The van der Waals surface area contributed by atoms with E-state index in [-0.39, 0.29) is 5.54 Å². The Bertz CT molecular complexity index is 453. The number of Topliss-reactive ketones (excluding diaryl/α,β-unsaturated/α-hetero) is 1. The lowest BCUT2D eigenvalue weighted by Crippen LogP contribution is -2.52. The standard InChI is InChI=1S/C19H29NO/c1-4-9-16-10-12-17(13-11-16)18(21)19(14-7-8-15-19)20(5-2)6-3/h10-13H,4-9,14-15H2,1-3H3. The quantitative estimate of drug-likeness (QED) is 0.689. The van der Waals surface area contributed by atoms with Crippen molar-refractivity contribution in [3.05, 3.63) is 35.4 Å². The Labute approximate surface area is 129 Å². The van der Waals surface area contributed by atoms with Crippen molar-refractivity contribution in [3.63, 3.8) is 0 Å². The Kier molecular flexibility index (Phi) is 5.58. The van der Waals surface area contributed by atoms with Gasteiger partial charge < -0.3 is 0 Å². The van der Waals surface area contributed by atoms with Crippen molar-refractivity contribution in [1.29, 1.82) is 0 Å². The van der Waals surface area contributed by atoms with Crippen LogP contribution in [0, 0.1) is 0 Å². The third-order valence-corrected chi connectivity index (χ3v) is 4.98. The fourth-order valence-electron chi connectivity index (χ4n) is 3.86. The number of rotatable bonds is 7. The van der Waals surface area contributed by atoms with Crippen LogP contribution in [0.15, 0.2) is 24.3 Å². The third kappa shape index (κ3) is 3.21. The average Bonchev–Trinajstić information content (AvgIpc) is 3.00. The van der Waals surface area contributed by atoms with Crippen LogP contribution in [0.1, 0.15) is 68.8 Å². The zero-order valence-corrected chi connectivity index (χ0v) is 13.8. The van der Waals surface area contributed by atoms with E-state index in [0.717, 1.165) is 44.3 Å². The van der Waals surface area contributed by atoms with Crippen LogP contribution >= 0.6 is 0 Å². The number of carbonyl (C=O) groups excluding carboxylic acids is 1. The zero-order chi connectivity index (χ0) is 15.3. The summed E-state index contributed by atoms with van der Waals surface area (Å²) in [6, 6.07) is 8.33. The fourth-order valence-corrected chi connectivity index (χ4v) is 3.86. The van der Waals surface area contributed by atoms with Crippen molar-refractivity contribution in [2.24, 2.45) is 0 Å². The molecule has 1 aromatic carbocycles. The van der Waals surface area contributed by atoms with Gasteiger partial charge in [0, 0.05) is 5.56 Å². The predicted molar refractivity (Wildman–Crippen MR) is 88.9 cm³/mol. The SMILES string of the molecule is CCCc1ccc(C(=O)C2(N(CC)CC)CCCC2)cc1. The molecule has 116 valence electrons. The van der Waals surface area contributed by atoms with E-state index < -0.39 is 0 Å². The van der Waals surface area contributed by atoms with Crippen LogP contribution in [0.2, 0.25) is 0 Å². The average molecular weight is 287 g/mol. The lowest BCUT2D eigenvalue weighted by Gasteiger charge is -2.39. The summed E-state index contributed by atoms with van der Waals surface area (Å²) in [5.41, 5.74) is 1.98. The van der Waals surface area contributed by atoms with E-state index in [4.69, 9.17) is 0 Å². The van der Waals surface area contributed by atoms with Crippen molar-refractivity contribution in [3.8, 4) is 0 Å². The Balaban J connectivity index is 2.26.